The van der Waals surface area contributed by atoms with Gasteiger partial charge in [0.25, 0.3) is 0 Å². The number of halogens is 2. The predicted octanol–water partition coefficient (Wildman–Crippen LogP) is 3.81. The van der Waals surface area contributed by atoms with Crippen molar-refractivity contribution in [1.29, 1.82) is 0 Å². The monoisotopic (exact) mass is 421 g/mol. The molecule has 0 aliphatic heterocycles. The average molecular weight is 422 g/mol. The van der Waals surface area contributed by atoms with E-state index < -0.39 is 0 Å². The Morgan fingerprint density at radius 3 is 2.92 bits per heavy atom. The van der Waals surface area contributed by atoms with E-state index in [2.05, 4.69) is 36.8 Å². The third kappa shape index (κ3) is 4.43. The highest BCUT2D eigenvalue weighted by Crippen LogP contribution is 2.27. The smallest absolute Gasteiger partial charge is 0.221 e. The molecule has 1 heterocycles. The zero-order valence-electron chi connectivity index (χ0n) is 13.1. The van der Waals surface area contributed by atoms with Crippen molar-refractivity contribution in [3.63, 3.8) is 0 Å². The van der Waals surface area contributed by atoms with E-state index in [-0.39, 0.29) is 11.7 Å². The van der Waals surface area contributed by atoms with Crippen molar-refractivity contribution in [2.24, 2.45) is 0 Å². The summed E-state index contributed by atoms with van der Waals surface area (Å²) in [7, 11) is 0. The lowest BCUT2D eigenvalue weighted by molar-refractivity contribution is -0.114. The summed E-state index contributed by atoms with van der Waals surface area (Å²) >= 11 is 4.78. The number of carbonyl (C=O) groups is 1. The Bertz CT molecular complexity index is 917. The normalized spacial score (nSPS) is 10.7. The molecule has 3 rings (SSSR count). The van der Waals surface area contributed by atoms with Crippen molar-refractivity contribution in [2.45, 2.75) is 17.8 Å². The van der Waals surface area contributed by atoms with Crippen molar-refractivity contribution in [3.8, 4) is 5.69 Å². The predicted molar refractivity (Wildman–Crippen MR) is 97.1 cm³/mol. The van der Waals surface area contributed by atoms with Gasteiger partial charge in [-0.1, -0.05) is 39.8 Å². The number of aromatic nitrogens is 4. The number of benzene rings is 2. The summed E-state index contributed by atoms with van der Waals surface area (Å²) < 4.78 is 15.5. The zero-order valence-corrected chi connectivity index (χ0v) is 15.5. The van der Waals surface area contributed by atoms with Gasteiger partial charge in [0.2, 0.25) is 11.1 Å². The number of hydrogen-bond donors (Lipinski definition) is 1. The molecule has 0 fully saturated rings. The largest absolute Gasteiger partial charge is 0.326 e. The SMILES string of the molecule is CC(=O)Nc1cccc(-n2nnnc2SCc2ccc(F)cc2Br)c1. The zero-order chi connectivity index (χ0) is 17.8. The van der Waals surface area contributed by atoms with Crippen LogP contribution in [0.1, 0.15) is 12.5 Å². The minimum absolute atomic E-state index is 0.148. The Morgan fingerprint density at radius 1 is 1.32 bits per heavy atom. The molecule has 0 aliphatic rings. The second-order valence-electron chi connectivity index (χ2n) is 5.13. The fourth-order valence-corrected chi connectivity index (χ4v) is 3.70. The summed E-state index contributed by atoms with van der Waals surface area (Å²) in [5.41, 5.74) is 2.34. The maximum Gasteiger partial charge on any atom is 0.221 e. The summed E-state index contributed by atoms with van der Waals surface area (Å²) in [5.74, 6) is 0.136. The van der Waals surface area contributed by atoms with E-state index in [0.29, 0.717) is 21.1 Å². The van der Waals surface area contributed by atoms with Crippen LogP contribution in [0.4, 0.5) is 10.1 Å². The molecule has 9 heteroatoms. The summed E-state index contributed by atoms with van der Waals surface area (Å²) in [6, 6.07) is 11.8. The molecule has 1 N–H and O–H groups in total. The number of thioether (sulfide) groups is 1. The highest BCUT2D eigenvalue weighted by Gasteiger charge is 2.11. The number of hydrogen-bond acceptors (Lipinski definition) is 5. The number of nitrogens with one attached hydrogen (secondary N) is 1. The molecule has 1 amide bonds. The molecule has 3 aromatic rings. The van der Waals surface area contributed by atoms with Gasteiger partial charge in [0.05, 0.1) is 5.69 Å². The molecular formula is C16H13BrFN5OS. The number of anilines is 1. The fraction of sp³-hybridized carbons (Fsp3) is 0.125. The molecule has 0 saturated heterocycles. The maximum absolute atomic E-state index is 13.2. The number of carbonyl (C=O) groups excluding carboxylic acids is 1. The van der Waals surface area contributed by atoms with Gasteiger partial charge in [-0.2, -0.15) is 4.68 Å². The molecular weight excluding hydrogens is 409 g/mol. The molecule has 6 nitrogen and oxygen atoms in total. The molecule has 0 atom stereocenters. The lowest BCUT2D eigenvalue weighted by atomic mass is 10.2. The number of nitrogens with zero attached hydrogens (tertiary/aromatic N) is 4. The average Bonchev–Trinajstić information content (AvgIpc) is 3.02. The van der Waals surface area contributed by atoms with Gasteiger partial charge < -0.3 is 5.32 Å². The highest BCUT2D eigenvalue weighted by atomic mass is 79.9. The first-order valence-corrected chi connectivity index (χ1v) is 9.04. The van der Waals surface area contributed by atoms with E-state index in [0.717, 1.165) is 11.3 Å². The standard InChI is InChI=1S/C16H13BrFN5OS/c1-10(24)19-13-3-2-4-14(8-13)23-16(20-21-22-23)25-9-11-5-6-12(18)7-15(11)17/h2-8H,9H2,1H3,(H,19,24). The van der Waals surface area contributed by atoms with E-state index >= 15 is 0 Å². The van der Waals surface area contributed by atoms with E-state index in [4.69, 9.17) is 0 Å². The van der Waals surface area contributed by atoms with Crippen LogP contribution in [0.15, 0.2) is 52.1 Å². The van der Waals surface area contributed by atoms with Crippen LogP contribution in [-0.2, 0) is 10.5 Å². The molecule has 0 unspecified atom stereocenters. The van der Waals surface area contributed by atoms with Crippen LogP contribution in [0.25, 0.3) is 5.69 Å². The Kier molecular flexibility index (Phi) is 5.44. The van der Waals surface area contributed by atoms with Gasteiger partial charge in [-0.3, -0.25) is 4.79 Å². The molecule has 25 heavy (non-hydrogen) atoms. The quantitative estimate of drug-likeness (QED) is 0.633. The summed E-state index contributed by atoms with van der Waals surface area (Å²) in [6.45, 7) is 1.45. The third-order valence-electron chi connectivity index (χ3n) is 3.22. The van der Waals surface area contributed by atoms with Crippen LogP contribution in [0.2, 0.25) is 0 Å². The summed E-state index contributed by atoms with van der Waals surface area (Å²) in [5, 5.41) is 15.1. The maximum atomic E-state index is 13.2. The van der Waals surface area contributed by atoms with Crippen molar-refractivity contribution in [1.82, 2.24) is 20.2 Å². The van der Waals surface area contributed by atoms with E-state index in [1.807, 2.05) is 12.1 Å². The Balaban J connectivity index is 1.80. The Morgan fingerprint density at radius 2 is 2.16 bits per heavy atom. The summed E-state index contributed by atoms with van der Waals surface area (Å²) in [4.78, 5) is 11.2. The lowest BCUT2D eigenvalue weighted by Crippen LogP contribution is -2.07. The fourth-order valence-electron chi connectivity index (χ4n) is 2.13. The van der Waals surface area contributed by atoms with Crippen LogP contribution in [0.3, 0.4) is 0 Å². The van der Waals surface area contributed by atoms with Crippen LogP contribution in [-0.4, -0.2) is 26.1 Å². The number of tetrazole rings is 1. The first-order valence-electron chi connectivity index (χ1n) is 7.26. The van der Waals surface area contributed by atoms with Crippen LogP contribution >= 0.6 is 27.7 Å². The Hall–Kier alpha value is -2.26. The van der Waals surface area contributed by atoms with Gasteiger partial charge in [-0.25, -0.2) is 4.39 Å². The molecule has 128 valence electrons. The first kappa shape index (κ1) is 17.6. The lowest BCUT2D eigenvalue weighted by Gasteiger charge is -2.08. The molecule has 0 bridgehead atoms. The van der Waals surface area contributed by atoms with Crippen LogP contribution < -0.4 is 5.32 Å². The van der Waals surface area contributed by atoms with Gasteiger partial charge in [0.1, 0.15) is 5.82 Å². The molecule has 0 saturated carbocycles. The van der Waals surface area contributed by atoms with Crippen molar-refractivity contribution in [3.05, 3.63) is 58.3 Å². The van der Waals surface area contributed by atoms with E-state index in [1.165, 1.54) is 30.8 Å². The molecule has 1 aromatic heterocycles. The topological polar surface area (TPSA) is 72.7 Å². The minimum atomic E-state index is -0.291. The van der Waals surface area contributed by atoms with E-state index in [1.54, 1.807) is 22.9 Å². The highest BCUT2D eigenvalue weighted by molar-refractivity contribution is 9.10. The minimum Gasteiger partial charge on any atom is -0.326 e. The van der Waals surface area contributed by atoms with Crippen molar-refractivity contribution in [2.75, 3.05) is 5.32 Å². The van der Waals surface area contributed by atoms with Gasteiger partial charge in [0.15, 0.2) is 0 Å². The van der Waals surface area contributed by atoms with Crippen LogP contribution in [0, 0.1) is 5.82 Å². The van der Waals surface area contributed by atoms with Gasteiger partial charge >= 0.3 is 0 Å². The van der Waals surface area contributed by atoms with Crippen molar-refractivity contribution >= 4 is 39.3 Å². The van der Waals surface area contributed by atoms with Crippen LogP contribution in [0.5, 0.6) is 0 Å². The Labute approximate surface area is 155 Å². The van der Waals surface area contributed by atoms with Gasteiger partial charge in [-0.15, -0.1) is 5.10 Å². The number of rotatable bonds is 5. The van der Waals surface area contributed by atoms with Gasteiger partial charge in [0, 0.05) is 22.8 Å². The van der Waals surface area contributed by atoms with E-state index in [9.17, 15) is 9.18 Å². The van der Waals surface area contributed by atoms with Gasteiger partial charge in [-0.05, 0) is 46.3 Å². The number of amides is 1. The first-order chi connectivity index (χ1) is 12.0. The molecule has 2 aromatic carbocycles. The third-order valence-corrected chi connectivity index (χ3v) is 4.93. The second kappa shape index (κ2) is 7.75. The summed E-state index contributed by atoms with van der Waals surface area (Å²) in [6.07, 6.45) is 0. The molecule has 0 radical (unpaired) electrons. The molecule has 0 aliphatic carbocycles. The second-order valence-corrected chi connectivity index (χ2v) is 6.93. The molecule has 0 spiro atoms. The van der Waals surface area contributed by atoms with Crippen molar-refractivity contribution < 1.29 is 9.18 Å².